The van der Waals surface area contributed by atoms with Gasteiger partial charge in [-0.2, -0.15) is 0 Å². The van der Waals surface area contributed by atoms with E-state index in [-0.39, 0.29) is 33.3 Å². The van der Waals surface area contributed by atoms with Crippen molar-refractivity contribution in [2.75, 3.05) is 28.4 Å². The van der Waals surface area contributed by atoms with Crippen LogP contribution in [0.25, 0.3) is 54.6 Å². The molecular weight excluding hydrogens is 528 g/mol. The van der Waals surface area contributed by atoms with Crippen molar-refractivity contribution in [2.45, 2.75) is 13.8 Å². The zero-order valence-electron chi connectivity index (χ0n) is 23.3. The number of fused-ring (bicyclic) bond motifs is 4. The standard InChI is InChI=1S/C32H26O9/c1-14-7-21(33)19-13-18-16(9-23(19)40-14)10-24(37-4)29(31(18)39-6)27-20-11-17(36-3)12-25(38-5)26(20)30(35)28-22(34)8-15(2)41-32(27)28/h7-13,35H,1-6H3. The van der Waals surface area contributed by atoms with Gasteiger partial charge in [-0.3, -0.25) is 9.59 Å². The number of methoxy groups -OCH3 is 4. The third-order valence-corrected chi connectivity index (χ3v) is 7.27. The molecule has 4 aromatic carbocycles. The predicted molar refractivity (Wildman–Crippen MR) is 156 cm³/mol. The molecule has 41 heavy (non-hydrogen) atoms. The van der Waals surface area contributed by atoms with E-state index in [9.17, 15) is 14.7 Å². The number of ether oxygens (including phenoxy) is 4. The Labute approximate surface area is 233 Å². The molecular formula is C32H26O9. The van der Waals surface area contributed by atoms with E-state index in [4.69, 9.17) is 27.8 Å². The summed E-state index contributed by atoms with van der Waals surface area (Å²) in [5.41, 5.74) is 0.787. The van der Waals surface area contributed by atoms with Gasteiger partial charge in [-0.25, -0.2) is 0 Å². The number of phenols is 1. The quantitative estimate of drug-likeness (QED) is 0.247. The van der Waals surface area contributed by atoms with Gasteiger partial charge in [0, 0.05) is 34.5 Å². The SMILES string of the molecule is COc1cc(OC)c2c(O)c3c(=O)cc(C)oc3c(-c3c(OC)cc4cc5oc(C)cc(=O)c5cc4c3OC)c2c1. The lowest BCUT2D eigenvalue weighted by Gasteiger charge is -2.21. The van der Waals surface area contributed by atoms with Crippen molar-refractivity contribution in [3.8, 4) is 39.9 Å². The van der Waals surface area contributed by atoms with Crippen LogP contribution in [0.2, 0.25) is 0 Å². The first-order valence-electron chi connectivity index (χ1n) is 12.7. The van der Waals surface area contributed by atoms with E-state index < -0.39 is 5.43 Å². The summed E-state index contributed by atoms with van der Waals surface area (Å²) in [5, 5.41) is 13.8. The van der Waals surface area contributed by atoms with E-state index in [1.165, 1.54) is 40.6 Å². The first kappa shape index (κ1) is 26.1. The fourth-order valence-corrected chi connectivity index (χ4v) is 5.54. The summed E-state index contributed by atoms with van der Waals surface area (Å²) >= 11 is 0. The Hall–Kier alpha value is -5.18. The van der Waals surface area contributed by atoms with Gasteiger partial charge in [0.1, 0.15) is 51.2 Å². The van der Waals surface area contributed by atoms with E-state index in [2.05, 4.69) is 0 Å². The number of phenolic OH excluding ortho intramolecular Hbond substituents is 1. The van der Waals surface area contributed by atoms with Crippen molar-refractivity contribution in [1.29, 1.82) is 0 Å². The second kappa shape index (κ2) is 9.48. The number of aryl methyl sites for hydroxylation is 2. The van der Waals surface area contributed by atoms with Crippen LogP contribution in [-0.4, -0.2) is 33.5 Å². The summed E-state index contributed by atoms with van der Waals surface area (Å²) in [4.78, 5) is 26.2. The van der Waals surface area contributed by atoms with Crippen LogP contribution in [0.4, 0.5) is 0 Å². The number of aromatic hydroxyl groups is 1. The summed E-state index contributed by atoms with van der Waals surface area (Å²) in [6.07, 6.45) is 0. The molecule has 0 atom stereocenters. The van der Waals surface area contributed by atoms with Crippen LogP contribution in [0.3, 0.4) is 0 Å². The molecule has 0 aliphatic carbocycles. The van der Waals surface area contributed by atoms with Gasteiger partial charge in [0.05, 0.1) is 44.8 Å². The second-order valence-corrected chi connectivity index (χ2v) is 9.68. The third-order valence-electron chi connectivity index (χ3n) is 7.27. The molecule has 0 fully saturated rings. The van der Waals surface area contributed by atoms with Crippen molar-refractivity contribution >= 4 is 43.5 Å². The number of benzene rings is 4. The van der Waals surface area contributed by atoms with Crippen LogP contribution in [0.5, 0.6) is 28.7 Å². The molecule has 9 nitrogen and oxygen atoms in total. The molecule has 0 saturated carbocycles. The highest BCUT2D eigenvalue weighted by Gasteiger charge is 2.28. The molecule has 6 aromatic rings. The smallest absolute Gasteiger partial charge is 0.196 e. The van der Waals surface area contributed by atoms with E-state index in [0.717, 1.165) is 0 Å². The zero-order chi connectivity index (χ0) is 29.2. The fraction of sp³-hybridized carbons (Fsp3) is 0.188. The van der Waals surface area contributed by atoms with E-state index in [0.29, 0.717) is 67.0 Å². The molecule has 1 N–H and O–H groups in total. The molecule has 0 spiro atoms. The Morgan fingerprint density at radius 3 is 2.02 bits per heavy atom. The number of hydrogen-bond acceptors (Lipinski definition) is 9. The van der Waals surface area contributed by atoms with Crippen LogP contribution in [0, 0.1) is 13.8 Å². The molecule has 0 radical (unpaired) electrons. The molecule has 0 aliphatic heterocycles. The molecule has 0 saturated heterocycles. The second-order valence-electron chi connectivity index (χ2n) is 9.68. The van der Waals surface area contributed by atoms with Gasteiger partial charge < -0.3 is 32.9 Å². The molecule has 6 rings (SSSR count). The van der Waals surface area contributed by atoms with Gasteiger partial charge in [-0.05, 0) is 43.5 Å². The molecule has 0 aliphatic rings. The molecule has 2 heterocycles. The highest BCUT2D eigenvalue weighted by Crippen LogP contribution is 2.53. The minimum Gasteiger partial charge on any atom is -0.506 e. The summed E-state index contributed by atoms with van der Waals surface area (Å²) in [5.74, 6) is 2.04. The van der Waals surface area contributed by atoms with E-state index in [1.807, 2.05) is 0 Å². The van der Waals surface area contributed by atoms with Crippen LogP contribution in [0.1, 0.15) is 11.5 Å². The van der Waals surface area contributed by atoms with Gasteiger partial charge in [0.15, 0.2) is 16.4 Å². The summed E-state index contributed by atoms with van der Waals surface area (Å²) in [6.45, 7) is 3.37. The minimum atomic E-state index is -0.431. The molecule has 0 amide bonds. The van der Waals surface area contributed by atoms with Crippen molar-refractivity contribution in [3.05, 3.63) is 74.4 Å². The van der Waals surface area contributed by atoms with Crippen LogP contribution in [-0.2, 0) is 0 Å². The average Bonchev–Trinajstić information content (AvgIpc) is 2.94. The van der Waals surface area contributed by atoms with Gasteiger partial charge in [0.25, 0.3) is 0 Å². The summed E-state index contributed by atoms with van der Waals surface area (Å²) in [7, 11) is 6.00. The Morgan fingerprint density at radius 1 is 0.634 bits per heavy atom. The predicted octanol–water partition coefficient (Wildman–Crippen LogP) is 6.23. The van der Waals surface area contributed by atoms with Crippen LogP contribution < -0.4 is 29.8 Å². The van der Waals surface area contributed by atoms with E-state index >= 15 is 0 Å². The molecule has 9 heteroatoms. The largest absolute Gasteiger partial charge is 0.506 e. The molecule has 208 valence electrons. The van der Waals surface area contributed by atoms with Gasteiger partial charge in [-0.15, -0.1) is 0 Å². The average molecular weight is 555 g/mol. The number of hydrogen-bond donors (Lipinski definition) is 1. The van der Waals surface area contributed by atoms with Crippen molar-refractivity contribution in [3.63, 3.8) is 0 Å². The van der Waals surface area contributed by atoms with Crippen LogP contribution in [0.15, 0.2) is 60.9 Å². The first-order chi connectivity index (χ1) is 19.7. The van der Waals surface area contributed by atoms with Gasteiger partial charge >= 0.3 is 0 Å². The fourth-order valence-electron chi connectivity index (χ4n) is 5.54. The van der Waals surface area contributed by atoms with Crippen LogP contribution >= 0.6 is 0 Å². The maximum atomic E-state index is 13.3. The lowest BCUT2D eigenvalue weighted by atomic mass is 9.90. The topological polar surface area (TPSA) is 118 Å². The summed E-state index contributed by atoms with van der Waals surface area (Å²) in [6, 6.07) is 11.4. The van der Waals surface area contributed by atoms with Gasteiger partial charge in [0.2, 0.25) is 0 Å². The lowest BCUT2D eigenvalue weighted by molar-refractivity contribution is 0.396. The van der Waals surface area contributed by atoms with Gasteiger partial charge in [-0.1, -0.05) is 0 Å². The van der Waals surface area contributed by atoms with Crippen molar-refractivity contribution < 1.29 is 32.9 Å². The van der Waals surface area contributed by atoms with Crippen molar-refractivity contribution in [1.82, 2.24) is 0 Å². The molecule has 2 aromatic heterocycles. The van der Waals surface area contributed by atoms with Crippen molar-refractivity contribution in [2.24, 2.45) is 0 Å². The lowest BCUT2D eigenvalue weighted by Crippen LogP contribution is -2.05. The highest BCUT2D eigenvalue weighted by atomic mass is 16.5. The Balaban J connectivity index is 1.92. The third kappa shape index (κ3) is 3.84. The Kier molecular flexibility index (Phi) is 6.03. The van der Waals surface area contributed by atoms with E-state index in [1.54, 1.807) is 44.2 Å². The zero-order valence-corrected chi connectivity index (χ0v) is 23.3. The number of rotatable bonds is 5. The Morgan fingerprint density at radius 2 is 1.34 bits per heavy atom. The maximum Gasteiger partial charge on any atom is 0.196 e. The minimum absolute atomic E-state index is 0.0274. The molecule has 0 bridgehead atoms. The summed E-state index contributed by atoms with van der Waals surface area (Å²) < 4.78 is 35.1. The Bertz CT molecular complexity index is 2170. The first-order valence-corrected chi connectivity index (χ1v) is 12.7. The highest BCUT2D eigenvalue weighted by molar-refractivity contribution is 6.19. The molecule has 0 unspecified atom stereocenters. The maximum absolute atomic E-state index is 13.3. The monoisotopic (exact) mass is 554 g/mol. The normalized spacial score (nSPS) is 11.5.